The topological polar surface area (TPSA) is 42.2 Å². The SMILES string of the molecule is CCOc1cc(/C=C(/C#N)c2ccc3ccccc3c2)cc(I)c1OCc1ccc(Cl)cc1Cl. The molecular weight excluding hydrogens is 580 g/mol. The van der Waals surface area contributed by atoms with Gasteiger partial charge in [-0.15, -0.1) is 0 Å². The van der Waals surface area contributed by atoms with Crippen molar-refractivity contribution in [3.63, 3.8) is 0 Å². The molecule has 0 bridgehead atoms. The van der Waals surface area contributed by atoms with E-state index >= 15 is 0 Å². The van der Waals surface area contributed by atoms with Crippen molar-refractivity contribution in [2.75, 3.05) is 6.61 Å². The number of nitrogens with zero attached hydrogens (tertiary/aromatic N) is 1. The molecule has 34 heavy (non-hydrogen) atoms. The third-order valence-corrected chi connectivity index (χ3v) is 6.60. The van der Waals surface area contributed by atoms with Gasteiger partial charge in [-0.3, -0.25) is 0 Å². The maximum absolute atomic E-state index is 9.87. The molecule has 0 heterocycles. The Bertz CT molecular complexity index is 1430. The van der Waals surface area contributed by atoms with Gasteiger partial charge in [0.25, 0.3) is 0 Å². The standard InChI is InChI=1S/C28H20Cl2INO2/c1-2-33-27-13-18(11-23(16-32)21-8-7-19-5-3-4-6-20(19)14-21)12-26(31)28(27)34-17-22-9-10-24(29)15-25(22)30/h3-15H,2,17H2,1H3/b23-11-. The van der Waals surface area contributed by atoms with Gasteiger partial charge in [-0.25, -0.2) is 0 Å². The Morgan fingerprint density at radius 3 is 2.50 bits per heavy atom. The van der Waals surface area contributed by atoms with Crippen LogP contribution in [-0.4, -0.2) is 6.61 Å². The first-order chi connectivity index (χ1) is 16.5. The smallest absolute Gasteiger partial charge is 0.175 e. The van der Waals surface area contributed by atoms with Gasteiger partial charge in [0.15, 0.2) is 11.5 Å². The van der Waals surface area contributed by atoms with Crippen LogP contribution in [0.15, 0.2) is 72.8 Å². The van der Waals surface area contributed by atoms with Crippen molar-refractivity contribution in [1.29, 1.82) is 5.26 Å². The van der Waals surface area contributed by atoms with Crippen LogP contribution in [0.3, 0.4) is 0 Å². The van der Waals surface area contributed by atoms with E-state index in [0.717, 1.165) is 31.0 Å². The van der Waals surface area contributed by atoms with Crippen molar-refractivity contribution in [2.24, 2.45) is 0 Å². The van der Waals surface area contributed by atoms with Crippen molar-refractivity contribution in [3.05, 3.63) is 103 Å². The number of hydrogen-bond acceptors (Lipinski definition) is 3. The van der Waals surface area contributed by atoms with E-state index in [-0.39, 0.29) is 6.61 Å². The quantitative estimate of drug-likeness (QED) is 0.121. The second kappa shape index (κ2) is 11.1. The molecule has 0 aromatic heterocycles. The fourth-order valence-electron chi connectivity index (χ4n) is 3.57. The number of hydrogen-bond donors (Lipinski definition) is 0. The molecule has 170 valence electrons. The summed E-state index contributed by atoms with van der Waals surface area (Å²) in [6.07, 6.45) is 1.87. The summed E-state index contributed by atoms with van der Waals surface area (Å²) in [6.45, 7) is 2.68. The number of halogens is 3. The minimum Gasteiger partial charge on any atom is -0.490 e. The zero-order valence-corrected chi connectivity index (χ0v) is 22.0. The molecule has 6 heteroatoms. The fourth-order valence-corrected chi connectivity index (χ4v) is 4.81. The average Bonchev–Trinajstić information content (AvgIpc) is 2.83. The van der Waals surface area contributed by atoms with Crippen LogP contribution in [-0.2, 0) is 6.61 Å². The molecule has 0 unspecified atom stereocenters. The highest BCUT2D eigenvalue weighted by atomic mass is 127. The maximum atomic E-state index is 9.87. The van der Waals surface area contributed by atoms with Gasteiger partial charge in [0, 0.05) is 15.6 Å². The molecule has 0 radical (unpaired) electrons. The van der Waals surface area contributed by atoms with E-state index in [4.69, 9.17) is 32.7 Å². The molecule has 0 atom stereocenters. The first-order valence-corrected chi connectivity index (χ1v) is 12.5. The summed E-state index contributed by atoms with van der Waals surface area (Å²) in [6, 6.07) is 25.7. The number of rotatable bonds is 7. The molecule has 0 aliphatic carbocycles. The van der Waals surface area contributed by atoms with E-state index in [1.165, 1.54) is 0 Å². The summed E-state index contributed by atoms with van der Waals surface area (Å²) in [5.41, 5.74) is 3.13. The summed E-state index contributed by atoms with van der Waals surface area (Å²) in [5, 5.41) is 13.2. The molecular formula is C28H20Cl2INO2. The van der Waals surface area contributed by atoms with Gasteiger partial charge < -0.3 is 9.47 Å². The number of nitriles is 1. The summed E-state index contributed by atoms with van der Waals surface area (Å²) in [7, 11) is 0. The van der Waals surface area contributed by atoms with Crippen LogP contribution in [0, 0.1) is 14.9 Å². The van der Waals surface area contributed by atoms with Crippen molar-refractivity contribution in [3.8, 4) is 17.6 Å². The van der Waals surface area contributed by atoms with E-state index in [9.17, 15) is 5.26 Å². The van der Waals surface area contributed by atoms with Crippen LogP contribution in [0.25, 0.3) is 22.4 Å². The molecule has 0 N–H and O–H groups in total. The van der Waals surface area contributed by atoms with Crippen LogP contribution in [0.2, 0.25) is 10.0 Å². The minimum atomic E-state index is 0.280. The Morgan fingerprint density at radius 1 is 0.971 bits per heavy atom. The minimum absolute atomic E-state index is 0.280. The third-order valence-electron chi connectivity index (χ3n) is 5.21. The molecule has 4 aromatic carbocycles. The first-order valence-electron chi connectivity index (χ1n) is 10.6. The lowest BCUT2D eigenvalue weighted by Crippen LogP contribution is -2.02. The Morgan fingerprint density at radius 2 is 1.76 bits per heavy atom. The number of ether oxygens (including phenoxy) is 2. The molecule has 0 spiro atoms. The van der Waals surface area contributed by atoms with Gasteiger partial charge in [0.1, 0.15) is 6.61 Å². The second-order valence-corrected chi connectivity index (χ2v) is 9.52. The lowest BCUT2D eigenvalue weighted by Gasteiger charge is -2.15. The molecule has 0 aliphatic rings. The Labute approximate surface area is 222 Å². The average molecular weight is 600 g/mol. The van der Waals surface area contributed by atoms with Crippen LogP contribution < -0.4 is 9.47 Å². The Kier molecular flexibility index (Phi) is 7.99. The van der Waals surface area contributed by atoms with E-state index < -0.39 is 0 Å². The predicted molar refractivity (Wildman–Crippen MR) is 149 cm³/mol. The van der Waals surface area contributed by atoms with Gasteiger partial charge in [0.05, 0.1) is 21.8 Å². The van der Waals surface area contributed by atoms with E-state index in [2.05, 4.69) is 34.7 Å². The molecule has 0 fully saturated rings. The zero-order chi connectivity index (χ0) is 24.1. The van der Waals surface area contributed by atoms with Gasteiger partial charge >= 0.3 is 0 Å². The summed E-state index contributed by atoms with van der Waals surface area (Å²) >= 11 is 14.5. The van der Waals surface area contributed by atoms with Crippen LogP contribution in [0.1, 0.15) is 23.6 Å². The first kappa shape index (κ1) is 24.4. The lowest BCUT2D eigenvalue weighted by molar-refractivity contribution is 0.267. The number of benzene rings is 4. The van der Waals surface area contributed by atoms with Crippen LogP contribution in [0.4, 0.5) is 0 Å². The van der Waals surface area contributed by atoms with Gasteiger partial charge in [-0.1, -0.05) is 65.7 Å². The van der Waals surface area contributed by atoms with Crippen molar-refractivity contribution >= 4 is 68.2 Å². The highest BCUT2D eigenvalue weighted by molar-refractivity contribution is 14.1. The van der Waals surface area contributed by atoms with Crippen molar-refractivity contribution < 1.29 is 9.47 Å². The molecule has 0 aliphatic heterocycles. The largest absolute Gasteiger partial charge is 0.490 e. The predicted octanol–water partition coefficient (Wildman–Crippen LogP) is 8.79. The second-order valence-electron chi connectivity index (χ2n) is 7.52. The van der Waals surface area contributed by atoms with E-state index in [1.807, 2.05) is 67.6 Å². The molecule has 0 amide bonds. The van der Waals surface area contributed by atoms with E-state index in [0.29, 0.717) is 33.7 Å². The Balaban J connectivity index is 1.66. The van der Waals surface area contributed by atoms with Crippen molar-refractivity contribution in [2.45, 2.75) is 13.5 Å². The molecule has 3 nitrogen and oxygen atoms in total. The molecule has 0 saturated carbocycles. The van der Waals surface area contributed by atoms with Crippen LogP contribution in [0.5, 0.6) is 11.5 Å². The summed E-state index contributed by atoms with van der Waals surface area (Å²) < 4.78 is 12.9. The zero-order valence-electron chi connectivity index (χ0n) is 18.3. The molecule has 4 rings (SSSR count). The monoisotopic (exact) mass is 599 g/mol. The third kappa shape index (κ3) is 5.67. The highest BCUT2D eigenvalue weighted by Gasteiger charge is 2.14. The summed E-state index contributed by atoms with van der Waals surface area (Å²) in [4.78, 5) is 0. The number of fused-ring (bicyclic) bond motifs is 1. The lowest BCUT2D eigenvalue weighted by atomic mass is 10.00. The summed E-state index contributed by atoms with van der Waals surface area (Å²) in [5.74, 6) is 1.25. The molecule has 0 saturated heterocycles. The maximum Gasteiger partial charge on any atom is 0.175 e. The van der Waals surface area contributed by atoms with Gasteiger partial charge in [0.2, 0.25) is 0 Å². The van der Waals surface area contributed by atoms with Crippen molar-refractivity contribution in [1.82, 2.24) is 0 Å². The van der Waals surface area contributed by atoms with Crippen LogP contribution >= 0.6 is 45.8 Å². The van der Waals surface area contributed by atoms with E-state index in [1.54, 1.807) is 12.1 Å². The normalized spacial score (nSPS) is 11.3. The highest BCUT2D eigenvalue weighted by Crippen LogP contribution is 2.36. The molecule has 4 aromatic rings. The fraction of sp³-hybridized carbons (Fsp3) is 0.107. The van der Waals surface area contributed by atoms with Gasteiger partial charge in [-0.2, -0.15) is 5.26 Å². The number of allylic oxidation sites excluding steroid dienone is 1. The van der Waals surface area contributed by atoms with Gasteiger partial charge in [-0.05, 0) is 87.8 Å². The Hall–Kier alpha value is -2.72.